The first-order valence-electron chi connectivity index (χ1n) is 1.65. The van der Waals surface area contributed by atoms with Gasteiger partial charge in [0.1, 0.15) is 0 Å². The van der Waals surface area contributed by atoms with Crippen molar-refractivity contribution in [3.63, 3.8) is 0 Å². The predicted molar refractivity (Wildman–Crippen MR) is 29.7 cm³/mol. The van der Waals surface area contributed by atoms with Crippen molar-refractivity contribution in [2.45, 2.75) is 0 Å². The fraction of sp³-hybridized carbons (Fsp3) is 0. The maximum absolute atomic E-state index is 2.16. The van der Waals surface area contributed by atoms with Crippen LogP contribution in [0.25, 0.3) is 0 Å². The van der Waals surface area contributed by atoms with E-state index >= 15 is 0 Å². The molecule has 0 fully saturated rings. The standard InChI is InChI=1S/C4H3S.Pb/c1-2-4-5-3-1;/h1-3H;. The summed E-state index contributed by atoms with van der Waals surface area (Å²) < 4.78 is 1.52. The van der Waals surface area contributed by atoms with Crippen LogP contribution in [-0.4, -0.2) is 25.8 Å². The molecule has 0 bridgehead atoms. The van der Waals surface area contributed by atoms with Gasteiger partial charge in [-0.05, 0) is 0 Å². The van der Waals surface area contributed by atoms with Crippen LogP contribution in [0.15, 0.2) is 17.5 Å². The van der Waals surface area contributed by atoms with Crippen molar-refractivity contribution in [1.29, 1.82) is 0 Å². The molecule has 29 valence electrons. The first-order valence-corrected chi connectivity index (χ1v) is 4.47. The van der Waals surface area contributed by atoms with Crippen molar-refractivity contribution in [2.75, 3.05) is 0 Å². The summed E-state index contributed by atoms with van der Waals surface area (Å²) in [4.78, 5) is 0. The van der Waals surface area contributed by atoms with Crippen LogP contribution in [0, 0.1) is 0 Å². The summed E-state index contributed by atoms with van der Waals surface area (Å²) in [6.07, 6.45) is 0. The van der Waals surface area contributed by atoms with Gasteiger partial charge in [-0.2, -0.15) is 0 Å². The van der Waals surface area contributed by atoms with Crippen molar-refractivity contribution in [3.05, 3.63) is 17.5 Å². The van der Waals surface area contributed by atoms with Crippen LogP contribution in [0.1, 0.15) is 0 Å². The molecule has 0 N–H and O–H groups in total. The van der Waals surface area contributed by atoms with E-state index in [0.29, 0.717) is 0 Å². The zero-order valence-corrected chi connectivity index (χ0v) is 7.84. The Balaban J connectivity index is 3.05. The molecule has 0 nitrogen and oxygen atoms in total. The first kappa shape index (κ1) is 4.77. The average molecular weight is 290 g/mol. The molecule has 0 aliphatic carbocycles. The first-order chi connectivity index (χ1) is 2.89. The zero-order chi connectivity index (χ0) is 4.41. The van der Waals surface area contributed by atoms with Crippen LogP contribution in [0.2, 0.25) is 0 Å². The Hall–Kier alpha value is 0.622. The van der Waals surface area contributed by atoms with Gasteiger partial charge in [0, 0.05) is 0 Å². The Morgan fingerprint density at radius 3 is 2.67 bits per heavy atom. The Morgan fingerprint density at radius 2 is 2.50 bits per heavy atom. The van der Waals surface area contributed by atoms with Crippen molar-refractivity contribution in [3.8, 4) is 0 Å². The van der Waals surface area contributed by atoms with Gasteiger partial charge in [-0.25, -0.2) is 0 Å². The van der Waals surface area contributed by atoms with Gasteiger partial charge >= 0.3 is 57.1 Å². The summed E-state index contributed by atoms with van der Waals surface area (Å²) in [5, 5.41) is 2.11. The van der Waals surface area contributed by atoms with E-state index in [9.17, 15) is 0 Å². The van der Waals surface area contributed by atoms with Crippen LogP contribution >= 0.6 is 11.3 Å². The molecule has 0 atom stereocenters. The molecule has 0 aromatic carbocycles. The Kier molecular flexibility index (Phi) is 1.64. The maximum atomic E-state index is 2.16. The van der Waals surface area contributed by atoms with Crippen molar-refractivity contribution in [1.82, 2.24) is 0 Å². The summed E-state index contributed by atoms with van der Waals surface area (Å²) in [6.45, 7) is 0. The topological polar surface area (TPSA) is 0 Å². The van der Waals surface area contributed by atoms with Crippen LogP contribution in [0.3, 0.4) is 0 Å². The molecular formula is C4H3PbS. The molecule has 1 heterocycles. The van der Waals surface area contributed by atoms with Crippen molar-refractivity contribution in [2.24, 2.45) is 0 Å². The molecule has 0 spiro atoms. The number of hydrogen-bond acceptors (Lipinski definition) is 1. The Morgan fingerprint density at radius 1 is 1.67 bits per heavy atom. The number of rotatable bonds is 0. The van der Waals surface area contributed by atoms with E-state index in [1.54, 1.807) is 0 Å². The zero-order valence-electron chi connectivity index (χ0n) is 3.14. The predicted octanol–water partition coefficient (Wildman–Crippen LogP) is 0.542. The number of thiophene rings is 1. The molecular weight excluding hydrogens is 287 g/mol. The second-order valence-corrected chi connectivity index (χ2v) is 5.43. The van der Waals surface area contributed by atoms with Crippen molar-refractivity contribution >= 4 is 39.5 Å². The summed E-state index contributed by atoms with van der Waals surface area (Å²) in [6, 6.07) is 4.25. The minimum absolute atomic E-state index is 1.21. The normalized spacial score (nSPS) is 8.83. The van der Waals surface area contributed by atoms with Crippen LogP contribution in [0.5, 0.6) is 0 Å². The summed E-state index contributed by atoms with van der Waals surface area (Å²) in [5.41, 5.74) is 0. The molecule has 0 saturated carbocycles. The molecule has 1 aromatic rings. The summed E-state index contributed by atoms with van der Waals surface area (Å²) >= 11 is 3.05. The third-order valence-corrected chi connectivity index (χ3v) is 3.23. The Bertz CT molecular complexity index is 111. The fourth-order valence-corrected chi connectivity index (χ4v) is 1.91. The molecule has 0 aliphatic rings. The Labute approximate surface area is 56.9 Å². The number of hydrogen-bond donors (Lipinski definition) is 0. The molecule has 2 heteroatoms. The van der Waals surface area contributed by atoms with E-state index in [4.69, 9.17) is 0 Å². The minimum atomic E-state index is 1.21. The van der Waals surface area contributed by atoms with Gasteiger partial charge in [-0.3, -0.25) is 0 Å². The van der Waals surface area contributed by atoms with E-state index in [1.165, 1.54) is 28.2 Å². The van der Waals surface area contributed by atoms with Gasteiger partial charge in [0.15, 0.2) is 0 Å². The molecule has 3 radical (unpaired) electrons. The van der Waals surface area contributed by atoms with Gasteiger partial charge in [-0.15, -0.1) is 0 Å². The third-order valence-electron chi connectivity index (χ3n) is 0.521. The average Bonchev–Trinajstić information content (AvgIpc) is 1.86. The molecule has 0 saturated heterocycles. The fourth-order valence-electron chi connectivity index (χ4n) is 0.279. The molecule has 1 rings (SSSR count). The van der Waals surface area contributed by atoms with E-state index < -0.39 is 0 Å². The van der Waals surface area contributed by atoms with Gasteiger partial charge < -0.3 is 0 Å². The van der Waals surface area contributed by atoms with E-state index in [1.807, 2.05) is 11.3 Å². The third kappa shape index (κ3) is 1.04. The summed E-state index contributed by atoms with van der Waals surface area (Å²) in [5.74, 6) is 0. The van der Waals surface area contributed by atoms with Crippen LogP contribution < -0.4 is 2.44 Å². The molecule has 0 amide bonds. The quantitative estimate of drug-likeness (QED) is 0.612. The molecule has 0 unspecified atom stereocenters. The monoisotopic (exact) mass is 291 g/mol. The van der Waals surface area contributed by atoms with Gasteiger partial charge in [0.05, 0.1) is 0 Å². The molecule has 0 aliphatic heterocycles. The second-order valence-electron chi connectivity index (χ2n) is 0.977. The van der Waals surface area contributed by atoms with Crippen LogP contribution in [-0.2, 0) is 0 Å². The van der Waals surface area contributed by atoms with Gasteiger partial charge in [0.2, 0.25) is 0 Å². The molecule has 6 heavy (non-hydrogen) atoms. The van der Waals surface area contributed by atoms with E-state index in [-0.39, 0.29) is 0 Å². The van der Waals surface area contributed by atoms with Crippen molar-refractivity contribution < 1.29 is 0 Å². The molecule has 1 aromatic heterocycles. The van der Waals surface area contributed by atoms with Gasteiger partial charge in [0.25, 0.3) is 0 Å². The van der Waals surface area contributed by atoms with Gasteiger partial charge in [-0.1, -0.05) is 0 Å². The van der Waals surface area contributed by atoms with E-state index in [0.717, 1.165) is 0 Å². The van der Waals surface area contributed by atoms with Crippen LogP contribution in [0.4, 0.5) is 0 Å². The SMILES string of the molecule is [Pb][c]1cccs1. The second kappa shape index (κ2) is 2.07. The summed E-state index contributed by atoms with van der Waals surface area (Å²) in [7, 11) is 0. The van der Waals surface area contributed by atoms with E-state index in [2.05, 4.69) is 17.5 Å².